The number of methoxy groups -OCH3 is 1. The number of quaternary nitrogens is 1. The Kier molecular flexibility index (Phi) is 6.08. The van der Waals surface area contributed by atoms with Gasteiger partial charge in [0.25, 0.3) is 5.91 Å². The number of halogens is 3. The van der Waals surface area contributed by atoms with Crippen LogP contribution in [0.2, 0.25) is 0 Å². The van der Waals surface area contributed by atoms with Crippen molar-refractivity contribution in [3.8, 4) is 5.75 Å². The Balaban J connectivity index is 1.51. The number of benzene rings is 2. The number of hydrogen-bond donors (Lipinski definition) is 2. The summed E-state index contributed by atoms with van der Waals surface area (Å²) in [5.74, 6) is 0.511. The fourth-order valence-electron chi connectivity index (χ4n) is 3.27. The summed E-state index contributed by atoms with van der Waals surface area (Å²) >= 11 is 0. The maximum atomic E-state index is 12.8. The Labute approximate surface area is 161 Å². The molecule has 0 atom stereocenters. The molecule has 1 heterocycles. The van der Waals surface area contributed by atoms with Gasteiger partial charge in [-0.1, -0.05) is 12.1 Å². The van der Waals surface area contributed by atoms with E-state index in [4.69, 9.17) is 4.74 Å². The molecule has 3 rings (SSSR count). The van der Waals surface area contributed by atoms with Gasteiger partial charge in [-0.3, -0.25) is 4.79 Å². The van der Waals surface area contributed by atoms with Crippen molar-refractivity contribution in [2.45, 2.75) is 6.18 Å². The molecule has 0 radical (unpaired) electrons. The SMILES string of the molecule is COc1cccc(N2CC[NH+](CC(=O)Nc3cccc(C(F)(F)F)c3)CC2)c1. The highest BCUT2D eigenvalue weighted by Gasteiger charge is 2.30. The van der Waals surface area contributed by atoms with E-state index in [1.807, 2.05) is 24.3 Å². The highest BCUT2D eigenvalue weighted by atomic mass is 19.4. The fraction of sp³-hybridized carbons (Fsp3) is 0.350. The summed E-state index contributed by atoms with van der Waals surface area (Å²) in [6.45, 7) is 3.35. The molecule has 1 aliphatic heterocycles. The number of nitrogens with zero attached hydrogens (tertiary/aromatic N) is 1. The molecule has 0 spiro atoms. The first-order valence-corrected chi connectivity index (χ1v) is 9.05. The molecular formula is C20H23F3N3O2+. The monoisotopic (exact) mass is 394 g/mol. The van der Waals surface area contributed by atoms with Crippen LogP contribution in [0.1, 0.15) is 5.56 Å². The third-order valence-electron chi connectivity index (χ3n) is 4.77. The highest BCUT2D eigenvalue weighted by molar-refractivity contribution is 5.91. The Bertz CT molecular complexity index is 818. The normalized spacial score (nSPS) is 15.4. The summed E-state index contributed by atoms with van der Waals surface area (Å²) in [4.78, 5) is 15.6. The summed E-state index contributed by atoms with van der Waals surface area (Å²) < 4.78 is 43.6. The van der Waals surface area contributed by atoms with Gasteiger partial charge in [0.15, 0.2) is 6.54 Å². The van der Waals surface area contributed by atoms with Crippen LogP contribution in [0, 0.1) is 0 Å². The number of carbonyl (C=O) groups excluding carboxylic acids is 1. The third-order valence-corrected chi connectivity index (χ3v) is 4.77. The molecular weight excluding hydrogens is 371 g/mol. The van der Waals surface area contributed by atoms with E-state index < -0.39 is 11.7 Å². The van der Waals surface area contributed by atoms with Crippen LogP contribution in [-0.4, -0.2) is 45.7 Å². The predicted octanol–water partition coefficient (Wildman–Crippen LogP) is 2.06. The molecule has 8 heteroatoms. The van der Waals surface area contributed by atoms with Crippen molar-refractivity contribution in [3.63, 3.8) is 0 Å². The Morgan fingerprint density at radius 3 is 2.54 bits per heavy atom. The van der Waals surface area contributed by atoms with Crippen molar-refractivity contribution < 1.29 is 27.6 Å². The maximum Gasteiger partial charge on any atom is 0.416 e. The van der Waals surface area contributed by atoms with Crippen LogP contribution in [-0.2, 0) is 11.0 Å². The minimum atomic E-state index is -4.43. The second-order valence-corrected chi connectivity index (χ2v) is 6.74. The summed E-state index contributed by atoms with van der Waals surface area (Å²) in [5, 5.41) is 2.57. The molecule has 2 aromatic carbocycles. The van der Waals surface area contributed by atoms with Gasteiger partial charge in [0, 0.05) is 17.4 Å². The molecule has 0 bridgehead atoms. The van der Waals surface area contributed by atoms with Crippen molar-refractivity contribution in [2.75, 3.05) is 50.1 Å². The lowest BCUT2D eigenvalue weighted by molar-refractivity contribution is -0.892. The average Bonchev–Trinajstić information content (AvgIpc) is 2.68. The van der Waals surface area contributed by atoms with Crippen LogP contribution in [0.4, 0.5) is 24.5 Å². The van der Waals surface area contributed by atoms with Gasteiger partial charge in [-0.2, -0.15) is 13.2 Å². The zero-order chi connectivity index (χ0) is 20.1. The molecule has 0 unspecified atom stereocenters. The van der Waals surface area contributed by atoms with E-state index in [0.717, 1.165) is 54.6 Å². The molecule has 5 nitrogen and oxygen atoms in total. The highest BCUT2D eigenvalue weighted by Crippen LogP contribution is 2.30. The molecule has 0 saturated carbocycles. The number of amides is 1. The van der Waals surface area contributed by atoms with Crippen molar-refractivity contribution in [1.82, 2.24) is 0 Å². The quantitative estimate of drug-likeness (QED) is 0.816. The minimum Gasteiger partial charge on any atom is -0.497 e. The van der Waals surface area contributed by atoms with Gasteiger partial charge in [-0.05, 0) is 30.3 Å². The summed E-state index contributed by atoms with van der Waals surface area (Å²) in [7, 11) is 1.63. The number of carbonyl (C=O) groups is 1. The largest absolute Gasteiger partial charge is 0.497 e. The standard InChI is InChI=1S/C20H22F3N3O2/c1-28-18-7-3-6-17(13-18)26-10-8-25(9-11-26)14-19(27)24-16-5-2-4-15(12-16)20(21,22)23/h2-7,12-13H,8-11,14H2,1H3,(H,24,27)/p+1. The molecule has 2 aromatic rings. The Hall–Kier alpha value is -2.74. The van der Waals surface area contributed by atoms with Crippen molar-refractivity contribution in [1.29, 1.82) is 0 Å². The number of ether oxygens (including phenoxy) is 1. The van der Waals surface area contributed by atoms with Crippen LogP contribution in [0.5, 0.6) is 5.75 Å². The summed E-state index contributed by atoms with van der Waals surface area (Å²) in [5.41, 5.74) is 0.464. The molecule has 1 fully saturated rings. The van der Waals surface area contributed by atoms with E-state index in [1.165, 1.54) is 12.1 Å². The average molecular weight is 394 g/mol. The van der Waals surface area contributed by atoms with Crippen LogP contribution in [0.15, 0.2) is 48.5 Å². The zero-order valence-electron chi connectivity index (χ0n) is 15.6. The first-order valence-electron chi connectivity index (χ1n) is 9.05. The topological polar surface area (TPSA) is 46.0 Å². The lowest BCUT2D eigenvalue weighted by atomic mass is 10.2. The number of anilines is 2. The van der Waals surface area contributed by atoms with Crippen LogP contribution in [0.25, 0.3) is 0 Å². The van der Waals surface area contributed by atoms with Crippen LogP contribution in [0.3, 0.4) is 0 Å². The smallest absolute Gasteiger partial charge is 0.416 e. The third kappa shape index (κ3) is 5.16. The lowest BCUT2D eigenvalue weighted by Crippen LogP contribution is -3.15. The Morgan fingerprint density at radius 2 is 1.86 bits per heavy atom. The summed E-state index contributed by atoms with van der Waals surface area (Å²) in [6, 6.07) is 12.5. The van der Waals surface area contributed by atoms with E-state index in [1.54, 1.807) is 7.11 Å². The number of rotatable bonds is 5. The first kappa shape index (κ1) is 20.0. The molecule has 1 aliphatic rings. The second-order valence-electron chi connectivity index (χ2n) is 6.74. The van der Waals surface area contributed by atoms with Crippen molar-refractivity contribution >= 4 is 17.3 Å². The van der Waals surface area contributed by atoms with Gasteiger partial charge >= 0.3 is 6.18 Å². The number of nitrogens with one attached hydrogen (secondary N) is 2. The Morgan fingerprint density at radius 1 is 1.14 bits per heavy atom. The number of alkyl halides is 3. The number of piperazine rings is 1. The van der Waals surface area contributed by atoms with Crippen molar-refractivity contribution in [3.05, 3.63) is 54.1 Å². The van der Waals surface area contributed by atoms with E-state index in [-0.39, 0.29) is 18.1 Å². The fourth-order valence-corrected chi connectivity index (χ4v) is 3.27. The zero-order valence-corrected chi connectivity index (χ0v) is 15.6. The maximum absolute atomic E-state index is 12.8. The molecule has 1 saturated heterocycles. The van der Waals surface area contributed by atoms with Gasteiger partial charge < -0.3 is 19.9 Å². The van der Waals surface area contributed by atoms with Crippen molar-refractivity contribution in [2.24, 2.45) is 0 Å². The van der Waals surface area contributed by atoms with Crippen LogP contribution >= 0.6 is 0 Å². The number of hydrogen-bond acceptors (Lipinski definition) is 3. The summed E-state index contributed by atoms with van der Waals surface area (Å²) in [6.07, 6.45) is -4.43. The minimum absolute atomic E-state index is 0.161. The van der Waals surface area contributed by atoms with E-state index in [0.29, 0.717) is 0 Å². The van der Waals surface area contributed by atoms with E-state index in [9.17, 15) is 18.0 Å². The van der Waals surface area contributed by atoms with Gasteiger partial charge in [-0.25, -0.2) is 0 Å². The van der Waals surface area contributed by atoms with Crippen LogP contribution < -0.4 is 19.9 Å². The second kappa shape index (κ2) is 8.52. The lowest BCUT2D eigenvalue weighted by Gasteiger charge is -2.33. The van der Waals surface area contributed by atoms with Gasteiger partial charge in [-0.15, -0.1) is 0 Å². The molecule has 0 aromatic heterocycles. The molecule has 2 N–H and O–H groups in total. The van der Waals surface area contributed by atoms with Gasteiger partial charge in [0.1, 0.15) is 5.75 Å². The van der Waals surface area contributed by atoms with Gasteiger partial charge in [0.2, 0.25) is 0 Å². The van der Waals surface area contributed by atoms with E-state index in [2.05, 4.69) is 10.2 Å². The van der Waals surface area contributed by atoms with E-state index >= 15 is 0 Å². The first-order chi connectivity index (χ1) is 13.3. The molecule has 1 amide bonds. The molecule has 28 heavy (non-hydrogen) atoms. The predicted molar refractivity (Wildman–Crippen MR) is 101 cm³/mol. The van der Waals surface area contributed by atoms with Gasteiger partial charge in [0.05, 0.1) is 38.9 Å². The molecule has 150 valence electrons. The molecule has 0 aliphatic carbocycles.